The zero-order chi connectivity index (χ0) is 26.3. The van der Waals surface area contributed by atoms with Crippen LogP contribution in [0.15, 0.2) is 48.5 Å². The maximum atomic E-state index is 13.4. The second kappa shape index (κ2) is 12.0. The van der Waals surface area contributed by atoms with Crippen LogP contribution in [-0.4, -0.2) is 48.4 Å². The molecule has 11 heteroatoms. The van der Waals surface area contributed by atoms with Gasteiger partial charge in [-0.1, -0.05) is 38.1 Å². The third-order valence-corrected chi connectivity index (χ3v) is 5.38. The minimum absolute atomic E-state index is 0.0397. The monoisotopic (exact) mass is 499 g/mol. The summed E-state index contributed by atoms with van der Waals surface area (Å²) >= 11 is 0. The third kappa shape index (κ3) is 7.93. The molecule has 0 saturated carbocycles. The predicted octanol–water partition coefficient (Wildman–Crippen LogP) is 2.63. The van der Waals surface area contributed by atoms with Gasteiger partial charge >= 0.3 is 6.18 Å². The van der Waals surface area contributed by atoms with Gasteiger partial charge in [0.15, 0.2) is 6.10 Å². The van der Waals surface area contributed by atoms with Crippen molar-refractivity contribution >= 4 is 11.8 Å². The van der Waals surface area contributed by atoms with Crippen molar-refractivity contribution in [3.05, 3.63) is 65.5 Å². The Morgan fingerprint density at radius 1 is 1.06 bits per heavy atom. The summed E-state index contributed by atoms with van der Waals surface area (Å²) in [5.41, 5.74) is 6.65. The fraction of sp³-hybridized carbons (Fsp3) is 0.417. The van der Waals surface area contributed by atoms with E-state index in [0.29, 0.717) is 11.3 Å². The molecule has 35 heavy (non-hydrogen) atoms. The van der Waals surface area contributed by atoms with Gasteiger partial charge in [0, 0.05) is 0 Å². The average molecular weight is 500 g/mol. The fourth-order valence-corrected chi connectivity index (χ4v) is 3.42. The van der Waals surface area contributed by atoms with Crippen molar-refractivity contribution in [2.24, 2.45) is 11.7 Å². The van der Waals surface area contributed by atoms with E-state index >= 15 is 0 Å². The van der Waals surface area contributed by atoms with Crippen molar-refractivity contribution < 1.29 is 37.0 Å². The van der Waals surface area contributed by atoms with Crippen molar-refractivity contribution in [1.82, 2.24) is 10.6 Å². The Kier molecular flexibility index (Phi) is 9.61. The normalized spacial score (nSPS) is 15.1. The summed E-state index contributed by atoms with van der Waals surface area (Å²) < 4.78 is 57.9. The number of hydrogen-bond acceptors (Lipinski definition) is 5. The highest BCUT2D eigenvalue weighted by molar-refractivity contribution is 5.90. The number of amides is 2. The van der Waals surface area contributed by atoms with Crippen LogP contribution in [0.4, 0.5) is 17.6 Å². The van der Waals surface area contributed by atoms with Gasteiger partial charge in [-0.15, -0.1) is 0 Å². The van der Waals surface area contributed by atoms with E-state index in [-0.39, 0.29) is 12.0 Å². The minimum atomic E-state index is -4.96. The first-order chi connectivity index (χ1) is 16.3. The summed E-state index contributed by atoms with van der Waals surface area (Å²) in [5.74, 6) is -2.58. The van der Waals surface area contributed by atoms with E-state index in [2.05, 4.69) is 10.6 Å². The zero-order valence-electron chi connectivity index (χ0n) is 19.5. The molecule has 0 aliphatic heterocycles. The number of nitrogens with one attached hydrogen (secondary N) is 2. The topological polar surface area (TPSA) is 114 Å². The molecule has 0 spiro atoms. The number of alkyl halides is 3. The van der Waals surface area contributed by atoms with Gasteiger partial charge in [-0.05, 0) is 47.7 Å². The Morgan fingerprint density at radius 2 is 1.69 bits per heavy atom. The lowest BCUT2D eigenvalue weighted by Gasteiger charge is -2.31. The van der Waals surface area contributed by atoms with Crippen molar-refractivity contribution in [3.8, 4) is 5.75 Å². The number of halogens is 4. The fourth-order valence-electron chi connectivity index (χ4n) is 3.42. The molecule has 0 bridgehead atoms. The van der Waals surface area contributed by atoms with E-state index in [1.165, 1.54) is 63.4 Å². The summed E-state index contributed by atoms with van der Waals surface area (Å²) in [6, 6.07) is 7.18. The Balaban J connectivity index is 2.28. The van der Waals surface area contributed by atoms with Crippen LogP contribution in [0.5, 0.6) is 5.75 Å². The quantitative estimate of drug-likeness (QED) is 0.376. The van der Waals surface area contributed by atoms with E-state index < -0.39 is 54.0 Å². The number of rotatable bonds is 10. The highest BCUT2D eigenvalue weighted by atomic mass is 19.4. The van der Waals surface area contributed by atoms with Gasteiger partial charge in [0.25, 0.3) is 0 Å². The maximum Gasteiger partial charge on any atom is 0.416 e. The summed E-state index contributed by atoms with van der Waals surface area (Å²) in [7, 11) is 1.43. The number of carbonyl (C=O) groups is 2. The van der Waals surface area contributed by atoms with E-state index in [1.807, 2.05) is 0 Å². The first-order valence-electron chi connectivity index (χ1n) is 10.8. The molecule has 0 fully saturated rings. The smallest absolute Gasteiger partial charge is 0.416 e. The number of aliphatic hydroxyl groups excluding tert-OH is 1. The molecule has 4 atom stereocenters. The average Bonchev–Trinajstić information content (AvgIpc) is 2.79. The predicted molar refractivity (Wildman–Crippen MR) is 121 cm³/mol. The highest BCUT2D eigenvalue weighted by Crippen LogP contribution is 2.26. The molecule has 0 aliphatic rings. The molecular formula is C24H29F4N3O4. The van der Waals surface area contributed by atoms with Crippen molar-refractivity contribution in [1.29, 1.82) is 0 Å². The Hall–Kier alpha value is -3.18. The molecule has 0 heterocycles. The van der Waals surface area contributed by atoms with Crippen molar-refractivity contribution in [2.75, 3.05) is 7.11 Å². The van der Waals surface area contributed by atoms with Crippen LogP contribution >= 0.6 is 0 Å². The lowest BCUT2D eigenvalue weighted by molar-refractivity contribution is -0.215. The molecule has 0 saturated heterocycles. The van der Waals surface area contributed by atoms with Gasteiger partial charge in [0.1, 0.15) is 17.6 Å². The molecule has 5 N–H and O–H groups in total. The molecule has 2 aromatic rings. The summed E-state index contributed by atoms with van der Waals surface area (Å²) in [5, 5.41) is 14.4. The van der Waals surface area contributed by atoms with E-state index in [4.69, 9.17) is 10.5 Å². The molecule has 2 aromatic carbocycles. The molecule has 2 rings (SSSR count). The molecule has 0 unspecified atom stereocenters. The van der Waals surface area contributed by atoms with Crippen LogP contribution < -0.4 is 21.1 Å². The van der Waals surface area contributed by atoms with Gasteiger partial charge in [-0.25, -0.2) is 4.39 Å². The Labute approximate surface area is 200 Å². The SMILES string of the molecule is COc1ccc([C@H](NC(=O)[C@@H](N)Cc2cccc(F)c2)C(=O)N[C@@H](C(C)C)[C@H](O)C(F)(F)F)cc1. The largest absolute Gasteiger partial charge is 0.497 e. The number of ether oxygens (including phenoxy) is 1. The zero-order valence-corrected chi connectivity index (χ0v) is 19.5. The molecule has 0 aromatic heterocycles. The number of hydrogen-bond donors (Lipinski definition) is 4. The maximum absolute atomic E-state index is 13.4. The lowest BCUT2D eigenvalue weighted by Crippen LogP contribution is -2.56. The van der Waals surface area contributed by atoms with Gasteiger partial charge in [-0.3, -0.25) is 9.59 Å². The van der Waals surface area contributed by atoms with E-state index in [1.54, 1.807) is 6.07 Å². The van der Waals surface area contributed by atoms with Crippen LogP contribution in [0.1, 0.15) is 31.0 Å². The van der Waals surface area contributed by atoms with Gasteiger partial charge in [-0.2, -0.15) is 13.2 Å². The van der Waals surface area contributed by atoms with E-state index in [0.717, 1.165) is 0 Å². The summed E-state index contributed by atoms with van der Waals surface area (Å²) in [6.07, 6.45) is -7.81. The third-order valence-electron chi connectivity index (χ3n) is 5.38. The number of methoxy groups -OCH3 is 1. The number of nitrogens with two attached hydrogens (primary N) is 1. The van der Waals surface area contributed by atoms with Gasteiger partial charge < -0.3 is 26.2 Å². The molecule has 2 amide bonds. The second-order valence-electron chi connectivity index (χ2n) is 8.42. The van der Waals surface area contributed by atoms with Crippen LogP contribution in [0, 0.1) is 11.7 Å². The number of carbonyl (C=O) groups excluding carboxylic acids is 2. The molecule has 0 radical (unpaired) electrons. The van der Waals surface area contributed by atoms with Gasteiger partial charge in [0.2, 0.25) is 11.8 Å². The molecule has 0 aliphatic carbocycles. The van der Waals surface area contributed by atoms with Crippen LogP contribution in [-0.2, 0) is 16.0 Å². The first-order valence-corrected chi connectivity index (χ1v) is 10.8. The van der Waals surface area contributed by atoms with Gasteiger partial charge in [0.05, 0.1) is 19.2 Å². The first kappa shape index (κ1) is 28.1. The minimum Gasteiger partial charge on any atom is -0.497 e. The summed E-state index contributed by atoms with van der Waals surface area (Å²) in [4.78, 5) is 25.9. The van der Waals surface area contributed by atoms with Crippen LogP contribution in [0.2, 0.25) is 0 Å². The van der Waals surface area contributed by atoms with E-state index in [9.17, 15) is 32.3 Å². The molecule has 7 nitrogen and oxygen atoms in total. The number of benzene rings is 2. The van der Waals surface area contributed by atoms with Crippen molar-refractivity contribution in [2.45, 2.75) is 50.7 Å². The number of aliphatic hydroxyl groups is 1. The van der Waals surface area contributed by atoms with Crippen LogP contribution in [0.3, 0.4) is 0 Å². The standard InChI is InChI=1S/C24H29F4N3O4/c1-13(2)19(21(32)24(26,27)28)30-23(34)20(15-7-9-17(35-3)10-8-15)31-22(33)18(29)12-14-5-4-6-16(25)11-14/h4-11,13,18-21,32H,12,29H2,1-3H3,(H,30,34)(H,31,33)/t18-,19-,20-,21-/m0/s1. The van der Waals surface area contributed by atoms with Crippen molar-refractivity contribution in [3.63, 3.8) is 0 Å². The molecular weight excluding hydrogens is 470 g/mol. The molecule has 192 valence electrons. The lowest BCUT2D eigenvalue weighted by atomic mass is 9.96. The summed E-state index contributed by atoms with van der Waals surface area (Å²) in [6.45, 7) is 2.82. The Morgan fingerprint density at radius 3 is 2.20 bits per heavy atom. The Bertz CT molecular complexity index is 999. The second-order valence-corrected chi connectivity index (χ2v) is 8.42. The highest BCUT2D eigenvalue weighted by Gasteiger charge is 2.45. The van der Waals surface area contributed by atoms with Crippen LogP contribution in [0.25, 0.3) is 0 Å².